The summed E-state index contributed by atoms with van der Waals surface area (Å²) in [6.07, 6.45) is -0.593. The van der Waals surface area contributed by atoms with E-state index in [1.807, 2.05) is 5.32 Å². The number of aliphatic hydroxyl groups excluding tert-OH is 1. The number of nitrogens with one attached hydrogen (secondary N) is 3. The predicted octanol–water partition coefficient (Wildman–Crippen LogP) is -5.02. The van der Waals surface area contributed by atoms with Gasteiger partial charge in [-0.3, -0.25) is 19.2 Å². The Kier molecular flexibility index (Phi) is 8.88. The number of carbonyl (C=O) groups is 5. The lowest BCUT2D eigenvalue weighted by atomic mass is 10.2. The molecule has 0 bridgehead atoms. The van der Waals surface area contributed by atoms with Crippen molar-refractivity contribution in [2.45, 2.75) is 18.5 Å². The van der Waals surface area contributed by atoms with E-state index in [0.29, 0.717) is 0 Å². The Bertz CT molecular complexity index is 481. The first-order chi connectivity index (χ1) is 10.7. The van der Waals surface area contributed by atoms with E-state index < -0.39 is 67.8 Å². The number of rotatable bonds is 10. The Labute approximate surface area is 130 Å². The molecule has 0 aromatic heterocycles. The topological polar surface area (TPSA) is 214 Å². The van der Waals surface area contributed by atoms with E-state index in [9.17, 15) is 24.0 Å². The summed E-state index contributed by atoms with van der Waals surface area (Å²) in [4.78, 5) is 55.4. The summed E-state index contributed by atoms with van der Waals surface area (Å²) >= 11 is 0. The number of carbonyl (C=O) groups excluding carboxylic acids is 4. The molecule has 9 N–H and O–H groups in total. The fourth-order valence-corrected chi connectivity index (χ4v) is 1.27. The van der Waals surface area contributed by atoms with E-state index in [0.717, 1.165) is 0 Å². The molecule has 0 aliphatic rings. The Morgan fingerprint density at radius 3 is 2.04 bits per heavy atom. The van der Waals surface area contributed by atoms with Gasteiger partial charge >= 0.3 is 5.97 Å². The van der Waals surface area contributed by atoms with Gasteiger partial charge in [-0.2, -0.15) is 0 Å². The first-order valence-electron chi connectivity index (χ1n) is 6.38. The molecule has 0 rings (SSSR count). The number of primary amides is 1. The fraction of sp³-hybridized carbons (Fsp3) is 0.545. The summed E-state index contributed by atoms with van der Waals surface area (Å²) in [6.45, 7) is -1.64. The van der Waals surface area contributed by atoms with Gasteiger partial charge in [0.05, 0.1) is 26.1 Å². The standard InChI is InChI=1S/C11H19N5O7/c12-5(4-17)10(21)15-2-8(19)14-3-9(20)16-6(11(22)23)1-7(13)18/h5-6,17H,1-4,12H2,(H2,13,18)(H,14,19)(H,15,21)(H,16,20)(H,22,23). The molecule has 0 saturated carbocycles. The van der Waals surface area contributed by atoms with Gasteiger partial charge in [-0.25, -0.2) is 4.79 Å². The Morgan fingerprint density at radius 2 is 1.57 bits per heavy atom. The second-order valence-corrected chi connectivity index (χ2v) is 4.41. The van der Waals surface area contributed by atoms with Crippen molar-refractivity contribution in [3.8, 4) is 0 Å². The second-order valence-electron chi connectivity index (χ2n) is 4.41. The van der Waals surface area contributed by atoms with Crippen molar-refractivity contribution in [1.29, 1.82) is 0 Å². The lowest BCUT2D eigenvalue weighted by Crippen LogP contribution is -2.49. The molecule has 0 radical (unpaired) electrons. The van der Waals surface area contributed by atoms with Crippen LogP contribution in [0.1, 0.15) is 6.42 Å². The zero-order valence-electron chi connectivity index (χ0n) is 12.1. The smallest absolute Gasteiger partial charge is 0.326 e. The van der Waals surface area contributed by atoms with Crippen molar-refractivity contribution >= 4 is 29.6 Å². The van der Waals surface area contributed by atoms with Crippen LogP contribution in [0.25, 0.3) is 0 Å². The van der Waals surface area contributed by atoms with E-state index in [1.54, 1.807) is 0 Å². The lowest BCUT2D eigenvalue weighted by Gasteiger charge is -2.13. The summed E-state index contributed by atoms with van der Waals surface area (Å²) in [5, 5.41) is 23.6. The minimum Gasteiger partial charge on any atom is -0.480 e. The predicted molar refractivity (Wildman–Crippen MR) is 74.5 cm³/mol. The maximum Gasteiger partial charge on any atom is 0.326 e. The highest BCUT2D eigenvalue weighted by Crippen LogP contribution is 1.91. The van der Waals surface area contributed by atoms with Crippen LogP contribution in [0.15, 0.2) is 0 Å². The SMILES string of the molecule is NC(=O)CC(NC(=O)CNC(=O)CNC(=O)C(N)CO)C(=O)O. The van der Waals surface area contributed by atoms with Gasteiger partial charge < -0.3 is 37.6 Å². The average Bonchev–Trinajstić information content (AvgIpc) is 2.48. The largest absolute Gasteiger partial charge is 0.480 e. The molecule has 0 saturated heterocycles. The molecule has 0 heterocycles. The van der Waals surface area contributed by atoms with E-state index in [1.165, 1.54) is 0 Å². The molecule has 0 fully saturated rings. The summed E-state index contributed by atoms with van der Waals surface area (Å²) in [7, 11) is 0. The number of hydrogen-bond acceptors (Lipinski definition) is 7. The first kappa shape index (κ1) is 20.3. The molecular formula is C11H19N5O7. The third kappa shape index (κ3) is 9.00. The molecule has 0 spiro atoms. The van der Waals surface area contributed by atoms with Gasteiger partial charge in [0.25, 0.3) is 0 Å². The Balaban J connectivity index is 4.17. The van der Waals surface area contributed by atoms with Gasteiger partial charge in [-0.05, 0) is 0 Å². The number of carboxylic acids is 1. The monoisotopic (exact) mass is 333 g/mol. The molecule has 2 atom stereocenters. The second kappa shape index (κ2) is 10.1. The van der Waals surface area contributed by atoms with Crippen molar-refractivity contribution in [1.82, 2.24) is 16.0 Å². The Hall–Kier alpha value is -2.73. The number of hydrogen-bond donors (Lipinski definition) is 7. The molecule has 2 unspecified atom stereocenters. The highest BCUT2D eigenvalue weighted by molar-refractivity contribution is 5.91. The number of aliphatic carboxylic acids is 1. The third-order valence-electron chi connectivity index (χ3n) is 2.44. The van der Waals surface area contributed by atoms with E-state index in [-0.39, 0.29) is 0 Å². The molecule has 0 aliphatic heterocycles. The van der Waals surface area contributed by atoms with Crippen LogP contribution in [0.4, 0.5) is 0 Å². The third-order valence-corrected chi connectivity index (χ3v) is 2.44. The fourth-order valence-electron chi connectivity index (χ4n) is 1.27. The van der Waals surface area contributed by atoms with Crippen LogP contribution in [0.2, 0.25) is 0 Å². The molecule has 0 aromatic rings. The van der Waals surface area contributed by atoms with Crippen LogP contribution < -0.4 is 27.4 Å². The maximum absolute atomic E-state index is 11.5. The number of amides is 4. The molecule has 0 aromatic carbocycles. The van der Waals surface area contributed by atoms with E-state index in [2.05, 4.69) is 10.6 Å². The van der Waals surface area contributed by atoms with Crippen LogP contribution in [-0.4, -0.2) is 71.6 Å². The number of aliphatic hydroxyl groups is 1. The van der Waals surface area contributed by atoms with Crippen molar-refractivity contribution in [2.75, 3.05) is 19.7 Å². The molecule has 4 amide bonds. The number of carboxylic acid groups (broad SMARTS) is 1. The van der Waals surface area contributed by atoms with Crippen LogP contribution in [0, 0.1) is 0 Å². The molecule has 130 valence electrons. The zero-order valence-corrected chi connectivity index (χ0v) is 12.1. The average molecular weight is 333 g/mol. The van der Waals surface area contributed by atoms with Crippen LogP contribution in [0.5, 0.6) is 0 Å². The molecule has 0 aliphatic carbocycles. The minimum atomic E-state index is -1.50. The summed E-state index contributed by atoms with van der Waals surface area (Å²) in [5.74, 6) is -4.70. The van der Waals surface area contributed by atoms with E-state index in [4.69, 9.17) is 21.7 Å². The molecule has 23 heavy (non-hydrogen) atoms. The highest BCUT2D eigenvalue weighted by atomic mass is 16.4. The summed E-state index contributed by atoms with van der Waals surface area (Å²) < 4.78 is 0. The zero-order chi connectivity index (χ0) is 18.0. The van der Waals surface area contributed by atoms with Crippen molar-refractivity contribution in [2.24, 2.45) is 11.5 Å². The van der Waals surface area contributed by atoms with Crippen molar-refractivity contribution in [3.05, 3.63) is 0 Å². The van der Waals surface area contributed by atoms with Gasteiger partial charge in [0.2, 0.25) is 23.6 Å². The maximum atomic E-state index is 11.5. The first-order valence-corrected chi connectivity index (χ1v) is 6.38. The van der Waals surface area contributed by atoms with Crippen molar-refractivity contribution in [3.63, 3.8) is 0 Å². The van der Waals surface area contributed by atoms with Gasteiger partial charge in [0.1, 0.15) is 12.1 Å². The van der Waals surface area contributed by atoms with Gasteiger partial charge in [-0.15, -0.1) is 0 Å². The van der Waals surface area contributed by atoms with Gasteiger partial charge in [0.15, 0.2) is 0 Å². The van der Waals surface area contributed by atoms with Crippen LogP contribution in [-0.2, 0) is 24.0 Å². The lowest BCUT2D eigenvalue weighted by molar-refractivity contribution is -0.143. The van der Waals surface area contributed by atoms with E-state index >= 15 is 0 Å². The summed E-state index contributed by atoms with van der Waals surface area (Å²) in [5.41, 5.74) is 10.0. The van der Waals surface area contributed by atoms with Crippen LogP contribution >= 0.6 is 0 Å². The van der Waals surface area contributed by atoms with Crippen molar-refractivity contribution < 1.29 is 34.2 Å². The molecule has 12 heteroatoms. The minimum absolute atomic E-state index is 0.483. The normalized spacial score (nSPS) is 12.6. The van der Waals surface area contributed by atoms with Gasteiger partial charge in [-0.1, -0.05) is 0 Å². The molecule has 12 nitrogen and oxygen atoms in total. The quantitative estimate of drug-likeness (QED) is 0.205. The van der Waals surface area contributed by atoms with Crippen LogP contribution in [0.3, 0.4) is 0 Å². The number of nitrogens with two attached hydrogens (primary N) is 2. The van der Waals surface area contributed by atoms with Gasteiger partial charge in [0, 0.05) is 0 Å². The molecular weight excluding hydrogens is 314 g/mol. The Morgan fingerprint density at radius 1 is 1.00 bits per heavy atom. The summed E-state index contributed by atoms with van der Waals surface area (Å²) in [6, 6.07) is -2.67. The highest BCUT2D eigenvalue weighted by Gasteiger charge is 2.22.